The van der Waals surface area contributed by atoms with Gasteiger partial charge in [-0.2, -0.15) is 0 Å². The van der Waals surface area contributed by atoms with E-state index in [4.69, 9.17) is 0 Å². The lowest BCUT2D eigenvalue weighted by Gasteiger charge is -2.14. The second kappa shape index (κ2) is 5.10. The van der Waals surface area contributed by atoms with Crippen molar-refractivity contribution in [3.05, 3.63) is 54.6 Å². The molecular weight excluding hydrogens is 236 g/mol. The lowest BCUT2D eigenvalue weighted by molar-refractivity contribution is 0.511. The van der Waals surface area contributed by atoms with Crippen LogP contribution in [0.3, 0.4) is 0 Å². The third kappa shape index (κ3) is 2.42. The first kappa shape index (κ1) is 11.7. The van der Waals surface area contributed by atoms with Crippen LogP contribution in [0.5, 0.6) is 0 Å². The van der Waals surface area contributed by atoms with E-state index in [9.17, 15) is 0 Å². The Hall–Kier alpha value is -2.36. The Balaban J connectivity index is 1.75. The number of hydrogen-bond acceptors (Lipinski definition) is 3. The fraction of sp³-hybridized carbons (Fsp3) is 0.200. The Morgan fingerprint density at radius 2 is 1.79 bits per heavy atom. The molecule has 3 aromatic rings. The van der Waals surface area contributed by atoms with E-state index >= 15 is 0 Å². The summed E-state index contributed by atoms with van der Waals surface area (Å²) < 4.78 is 1.96. The Kier molecular flexibility index (Phi) is 3.14. The lowest BCUT2D eigenvalue weighted by Crippen LogP contribution is -2.17. The molecule has 0 fully saturated rings. The number of fused-ring (bicyclic) bond motifs is 1. The number of aromatic nitrogens is 3. The molecule has 0 aliphatic carbocycles. The largest absolute Gasteiger partial charge is 0.383 e. The van der Waals surface area contributed by atoms with Crippen LogP contribution >= 0.6 is 0 Å². The number of rotatable bonds is 4. The maximum absolute atomic E-state index is 4.23. The molecule has 19 heavy (non-hydrogen) atoms. The summed E-state index contributed by atoms with van der Waals surface area (Å²) in [4.78, 5) is 0. The van der Waals surface area contributed by atoms with Crippen molar-refractivity contribution in [3.8, 4) is 0 Å². The minimum Gasteiger partial charge on any atom is -0.383 e. The average molecular weight is 252 g/mol. The third-order valence-electron chi connectivity index (χ3n) is 3.17. The van der Waals surface area contributed by atoms with Gasteiger partial charge in [0.25, 0.3) is 0 Å². The summed E-state index contributed by atoms with van der Waals surface area (Å²) in [5.74, 6) is 0. The van der Waals surface area contributed by atoms with Crippen molar-refractivity contribution in [1.29, 1.82) is 0 Å². The van der Waals surface area contributed by atoms with Crippen LogP contribution < -0.4 is 5.32 Å². The van der Waals surface area contributed by atoms with Crippen molar-refractivity contribution in [2.45, 2.75) is 13.0 Å². The van der Waals surface area contributed by atoms with E-state index in [2.05, 4.69) is 34.7 Å². The molecule has 3 rings (SSSR count). The van der Waals surface area contributed by atoms with Gasteiger partial charge in [-0.25, -0.2) is 4.68 Å². The highest BCUT2D eigenvalue weighted by molar-refractivity contribution is 5.73. The van der Waals surface area contributed by atoms with Crippen LogP contribution in [0.2, 0.25) is 0 Å². The molecule has 2 aromatic carbocycles. The second-order valence-electron chi connectivity index (χ2n) is 4.62. The molecule has 96 valence electrons. The van der Waals surface area contributed by atoms with E-state index in [1.54, 1.807) is 0 Å². The third-order valence-corrected chi connectivity index (χ3v) is 3.17. The predicted molar refractivity (Wildman–Crippen MR) is 77.2 cm³/mol. The second-order valence-corrected chi connectivity index (χ2v) is 4.62. The molecule has 1 aromatic heterocycles. The van der Waals surface area contributed by atoms with Crippen LogP contribution in [0, 0.1) is 0 Å². The Morgan fingerprint density at radius 3 is 2.63 bits per heavy atom. The van der Waals surface area contributed by atoms with Gasteiger partial charge < -0.3 is 5.32 Å². The molecule has 0 saturated carbocycles. The molecular formula is C15H16N4. The van der Waals surface area contributed by atoms with Crippen molar-refractivity contribution in [2.24, 2.45) is 0 Å². The highest BCUT2D eigenvalue weighted by atomic mass is 15.4. The zero-order valence-electron chi connectivity index (χ0n) is 10.8. The van der Waals surface area contributed by atoms with Crippen molar-refractivity contribution in [2.75, 3.05) is 11.9 Å². The first-order valence-corrected chi connectivity index (χ1v) is 6.43. The van der Waals surface area contributed by atoms with E-state index in [1.807, 2.05) is 47.1 Å². The minimum atomic E-state index is 0.243. The molecule has 1 atom stereocenters. The molecule has 0 bridgehead atoms. The quantitative estimate of drug-likeness (QED) is 0.775. The van der Waals surface area contributed by atoms with Crippen LogP contribution in [0.1, 0.15) is 13.0 Å². The predicted octanol–water partition coefficient (Wildman–Crippen LogP) is 3.10. The molecule has 1 unspecified atom stereocenters. The van der Waals surface area contributed by atoms with Gasteiger partial charge in [-0.3, -0.25) is 0 Å². The van der Waals surface area contributed by atoms with E-state index in [0.29, 0.717) is 0 Å². The summed E-state index contributed by atoms with van der Waals surface area (Å²) in [7, 11) is 0. The number of para-hydroxylation sites is 2. The van der Waals surface area contributed by atoms with Crippen LogP contribution in [0.25, 0.3) is 11.0 Å². The first-order chi connectivity index (χ1) is 9.34. The highest BCUT2D eigenvalue weighted by Crippen LogP contribution is 2.16. The van der Waals surface area contributed by atoms with E-state index in [1.165, 1.54) is 0 Å². The number of nitrogens with one attached hydrogen (secondary N) is 1. The standard InChI is InChI=1S/C15H16N4/c1-12(11-16-13-7-3-2-4-8-13)19-15-10-6-5-9-14(15)17-18-19/h2-10,12,16H,11H2,1H3. The van der Waals surface area contributed by atoms with Gasteiger partial charge in [-0.1, -0.05) is 35.5 Å². The normalized spacial score (nSPS) is 12.5. The fourth-order valence-electron chi connectivity index (χ4n) is 2.12. The van der Waals surface area contributed by atoms with Gasteiger partial charge in [0.05, 0.1) is 11.6 Å². The Morgan fingerprint density at radius 1 is 1.05 bits per heavy atom. The summed E-state index contributed by atoms with van der Waals surface area (Å²) in [6.07, 6.45) is 0. The maximum Gasteiger partial charge on any atom is 0.113 e. The van der Waals surface area contributed by atoms with Crippen molar-refractivity contribution in [1.82, 2.24) is 15.0 Å². The van der Waals surface area contributed by atoms with Crippen LogP contribution in [0.4, 0.5) is 5.69 Å². The van der Waals surface area contributed by atoms with Crippen molar-refractivity contribution >= 4 is 16.7 Å². The summed E-state index contributed by atoms with van der Waals surface area (Å²) in [5, 5.41) is 11.8. The van der Waals surface area contributed by atoms with Gasteiger partial charge in [-0.15, -0.1) is 5.10 Å². The van der Waals surface area contributed by atoms with Crippen LogP contribution in [0.15, 0.2) is 54.6 Å². The molecule has 0 amide bonds. The van der Waals surface area contributed by atoms with E-state index in [-0.39, 0.29) is 6.04 Å². The van der Waals surface area contributed by atoms with Crippen LogP contribution in [-0.2, 0) is 0 Å². The topological polar surface area (TPSA) is 42.7 Å². The number of nitrogens with zero attached hydrogens (tertiary/aromatic N) is 3. The molecule has 4 heteroatoms. The fourth-order valence-corrected chi connectivity index (χ4v) is 2.12. The van der Waals surface area contributed by atoms with Gasteiger partial charge in [-0.05, 0) is 31.2 Å². The molecule has 0 radical (unpaired) electrons. The molecule has 0 spiro atoms. The Bertz CT molecular complexity index is 660. The van der Waals surface area contributed by atoms with E-state index in [0.717, 1.165) is 23.3 Å². The van der Waals surface area contributed by atoms with Crippen LogP contribution in [-0.4, -0.2) is 21.5 Å². The smallest absolute Gasteiger partial charge is 0.113 e. The lowest BCUT2D eigenvalue weighted by atomic mass is 10.2. The van der Waals surface area contributed by atoms with Crippen molar-refractivity contribution in [3.63, 3.8) is 0 Å². The Labute approximate surface area is 112 Å². The zero-order valence-corrected chi connectivity index (χ0v) is 10.8. The zero-order chi connectivity index (χ0) is 13.1. The molecule has 1 heterocycles. The van der Waals surface area contributed by atoms with Gasteiger partial charge in [0.2, 0.25) is 0 Å². The molecule has 0 aliphatic heterocycles. The minimum absolute atomic E-state index is 0.243. The van der Waals surface area contributed by atoms with Gasteiger partial charge in [0.1, 0.15) is 5.52 Å². The summed E-state index contributed by atoms with van der Waals surface area (Å²) >= 11 is 0. The summed E-state index contributed by atoms with van der Waals surface area (Å²) in [6.45, 7) is 2.95. The summed E-state index contributed by atoms with van der Waals surface area (Å²) in [6, 6.07) is 18.5. The van der Waals surface area contributed by atoms with Crippen molar-refractivity contribution < 1.29 is 0 Å². The number of hydrogen-bond donors (Lipinski definition) is 1. The van der Waals surface area contributed by atoms with Gasteiger partial charge >= 0.3 is 0 Å². The average Bonchev–Trinajstić information content (AvgIpc) is 2.90. The SMILES string of the molecule is CC(CNc1ccccc1)n1nnc2ccccc21. The molecule has 0 saturated heterocycles. The molecule has 4 nitrogen and oxygen atoms in total. The monoisotopic (exact) mass is 252 g/mol. The molecule has 0 aliphatic rings. The molecule has 1 N–H and O–H groups in total. The van der Waals surface area contributed by atoms with Gasteiger partial charge in [0, 0.05) is 12.2 Å². The number of benzene rings is 2. The van der Waals surface area contributed by atoms with Gasteiger partial charge in [0.15, 0.2) is 0 Å². The maximum atomic E-state index is 4.23. The summed E-state index contributed by atoms with van der Waals surface area (Å²) in [5.41, 5.74) is 3.14. The highest BCUT2D eigenvalue weighted by Gasteiger charge is 2.10. The van der Waals surface area contributed by atoms with E-state index < -0.39 is 0 Å². The number of anilines is 1. The first-order valence-electron chi connectivity index (χ1n) is 6.43.